The molecule has 8 heteroatoms. The molecule has 5 rings (SSSR count). The minimum absolute atomic E-state index is 0.0200. The van der Waals surface area contributed by atoms with Crippen molar-refractivity contribution in [3.05, 3.63) is 23.5 Å². The van der Waals surface area contributed by atoms with Crippen molar-refractivity contribution in [2.75, 3.05) is 26.7 Å². The van der Waals surface area contributed by atoms with Crippen LogP contribution in [0, 0.1) is 0 Å². The normalized spacial score (nSPS) is 24.7. The van der Waals surface area contributed by atoms with Crippen LogP contribution in [0.4, 0.5) is 0 Å². The smallest absolute Gasteiger partial charge is 0.290 e. The Kier molecular flexibility index (Phi) is 5.12. The monoisotopic (exact) mass is 426 g/mol. The molecule has 2 aromatic rings. The molecule has 0 unspecified atom stereocenters. The number of rotatable bonds is 4. The van der Waals surface area contributed by atoms with Crippen molar-refractivity contribution in [1.29, 1.82) is 0 Å². The highest BCUT2D eigenvalue weighted by Crippen LogP contribution is 2.43. The van der Waals surface area contributed by atoms with Gasteiger partial charge < -0.3 is 24.2 Å². The quantitative estimate of drug-likeness (QED) is 0.809. The molecule has 8 nitrogen and oxygen atoms in total. The second kappa shape index (κ2) is 7.82. The van der Waals surface area contributed by atoms with E-state index in [-0.39, 0.29) is 30.5 Å². The number of ether oxygens (including phenoxy) is 1. The highest BCUT2D eigenvalue weighted by atomic mass is 16.5. The van der Waals surface area contributed by atoms with E-state index in [1.165, 1.54) is 18.4 Å². The van der Waals surface area contributed by atoms with Crippen LogP contribution >= 0.6 is 0 Å². The summed E-state index contributed by atoms with van der Waals surface area (Å²) in [6.45, 7) is 1.10. The Hall–Kier alpha value is -2.61. The first-order valence-corrected chi connectivity index (χ1v) is 11.3. The number of aliphatic hydroxyl groups is 1. The third-order valence-corrected chi connectivity index (χ3v) is 7.09. The molecule has 2 amide bonds. The summed E-state index contributed by atoms with van der Waals surface area (Å²) < 4.78 is 7.39. The van der Waals surface area contributed by atoms with Gasteiger partial charge in [0, 0.05) is 26.2 Å². The molecule has 166 valence electrons. The van der Waals surface area contributed by atoms with Crippen LogP contribution in [0.3, 0.4) is 0 Å². The van der Waals surface area contributed by atoms with Gasteiger partial charge in [0.05, 0.1) is 18.7 Å². The SMILES string of the molecule is COc1cc(C2CC2)cc2c1nc(C(=O)N1CCN([C@H]3CC[C@H](O)CC3)C(=O)C1)n2C. The van der Waals surface area contributed by atoms with E-state index in [0.29, 0.717) is 36.1 Å². The van der Waals surface area contributed by atoms with Gasteiger partial charge in [-0.25, -0.2) is 4.98 Å². The molecule has 1 aromatic carbocycles. The Bertz CT molecular complexity index is 1020. The summed E-state index contributed by atoms with van der Waals surface area (Å²) in [6, 6.07) is 4.32. The van der Waals surface area contributed by atoms with Crippen molar-refractivity contribution in [2.45, 2.75) is 56.6 Å². The number of carbonyl (C=O) groups is 2. The molecule has 3 aliphatic rings. The lowest BCUT2D eigenvalue weighted by Crippen LogP contribution is -2.56. The van der Waals surface area contributed by atoms with Gasteiger partial charge in [-0.05, 0) is 62.1 Å². The van der Waals surface area contributed by atoms with Crippen LogP contribution in [-0.4, -0.2) is 75.2 Å². The van der Waals surface area contributed by atoms with E-state index in [0.717, 1.165) is 31.2 Å². The number of hydrogen-bond acceptors (Lipinski definition) is 5. The average Bonchev–Trinajstić information content (AvgIpc) is 3.57. The molecule has 0 radical (unpaired) electrons. The topological polar surface area (TPSA) is 87.9 Å². The summed E-state index contributed by atoms with van der Waals surface area (Å²) in [6.07, 6.45) is 5.26. The number of aliphatic hydroxyl groups excluding tert-OH is 1. The summed E-state index contributed by atoms with van der Waals surface area (Å²) >= 11 is 0. The van der Waals surface area contributed by atoms with Crippen LogP contribution in [-0.2, 0) is 11.8 Å². The van der Waals surface area contributed by atoms with Gasteiger partial charge in [-0.3, -0.25) is 9.59 Å². The van der Waals surface area contributed by atoms with Crippen molar-refractivity contribution in [2.24, 2.45) is 7.05 Å². The molecular weight excluding hydrogens is 396 g/mol. The standard InChI is InChI=1S/C23H30N4O4/c1-25-18-11-15(14-3-4-14)12-19(31-2)21(18)24-22(25)23(30)26-9-10-27(20(29)13-26)16-5-7-17(28)8-6-16/h11-12,14,16-17,28H,3-10,13H2,1-2H3/t16-,17-. The number of piperazine rings is 1. The van der Waals surface area contributed by atoms with Crippen LogP contribution in [0.25, 0.3) is 11.0 Å². The van der Waals surface area contributed by atoms with E-state index in [1.807, 2.05) is 22.6 Å². The highest BCUT2D eigenvalue weighted by molar-refractivity contribution is 5.98. The second-order valence-electron chi connectivity index (χ2n) is 9.14. The van der Waals surface area contributed by atoms with Gasteiger partial charge in [0.2, 0.25) is 5.91 Å². The van der Waals surface area contributed by atoms with E-state index in [9.17, 15) is 14.7 Å². The third kappa shape index (κ3) is 3.67. The molecule has 0 atom stereocenters. The summed E-state index contributed by atoms with van der Waals surface area (Å²) in [5, 5.41) is 9.73. The molecule has 1 aliphatic heterocycles. The first-order chi connectivity index (χ1) is 15.0. The zero-order valence-corrected chi connectivity index (χ0v) is 18.2. The van der Waals surface area contributed by atoms with Crippen LogP contribution in [0.2, 0.25) is 0 Å². The number of hydrogen-bond donors (Lipinski definition) is 1. The lowest BCUT2D eigenvalue weighted by molar-refractivity contribution is -0.138. The maximum absolute atomic E-state index is 13.3. The first-order valence-electron chi connectivity index (χ1n) is 11.3. The van der Waals surface area contributed by atoms with Gasteiger partial charge in [-0.1, -0.05) is 0 Å². The number of benzene rings is 1. The molecule has 1 aromatic heterocycles. The van der Waals surface area contributed by atoms with Crippen molar-refractivity contribution in [1.82, 2.24) is 19.4 Å². The summed E-state index contributed by atoms with van der Waals surface area (Å²) in [7, 11) is 3.48. The summed E-state index contributed by atoms with van der Waals surface area (Å²) in [5.74, 6) is 1.35. The second-order valence-corrected chi connectivity index (χ2v) is 9.14. The zero-order chi connectivity index (χ0) is 21.7. The Morgan fingerprint density at radius 2 is 1.87 bits per heavy atom. The number of aromatic nitrogens is 2. The van der Waals surface area contributed by atoms with Gasteiger partial charge in [-0.15, -0.1) is 0 Å². The van der Waals surface area contributed by atoms with Gasteiger partial charge >= 0.3 is 0 Å². The third-order valence-electron chi connectivity index (χ3n) is 7.09. The fraction of sp³-hybridized carbons (Fsp3) is 0.609. The molecule has 2 saturated carbocycles. The molecule has 0 bridgehead atoms. The molecule has 31 heavy (non-hydrogen) atoms. The van der Waals surface area contributed by atoms with Crippen LogP contribution in [0.1, 0.15) is 60.6 Å². The van der Waals surface area contributed by atoms with Crippen LogP contribution < -0.4 is 4.74 Å². The lowest BCUT2D eigenvalue weighted by atomic mass is 9.91. The molecule has 3 fully saturated rings. The Labute approximate surface area is 181 Å². The largest absolute Gasteiger partial charge is 0.494 e. The molecule has 1 N–H and O–H groups in total. The molecule has 2 heterocycles. The number of nitrogens with zero attached hydrogens (tertiary/aromatic N) is 4. The Morgan fingerprint density at radius 3 is 2.52 bits per heavy atom. The number of aryl methyl sites for hydroxylation is 1. The van der Waals surface area contributed by atoms with E-state index in [1.54, 1.807) is 12.0 Å². The highest BCUT2D eigenvalue weighted by Gasteiger charge is 2.35. The van der Waals surface area contributed by atoms with Gasteiger partial charge in [0.1, 0.15) is 17.8 Å². The number of methoxy groups -OCH3 is 1. The predicted octanol–water partition coefficient (Wildman–Crippen LogP) is 2.05. The van der Waals surface area contributed by atoms with E-state index < -0.39 is 0 Å². The Balaban J connectivity index is 1.36. The number of imidazole rings is 1. The van der Waals surface area contributed by atoms with Crippen molar-refractivity contribution in [3.8, 4) is 5.75 Å². The van der Waals surface area contributed by atoms with Crippen LogP contribution in [0.5, 0.6) is 5.75 Å². The predicted molar refractivity (Wildman–Crippen MR) is 115 cm³/mol. The van der Waals surface area contributed by atoms with Crippen molar-refractivity contribution < 1.29 is 19.4 Å². The van der Waals surface area contributed by atoms with E-state index in [2.05, 4.69) is 11.1 Å². The molecule has 0 spiro atoms. The van der Waals surface area contributed by atoms with E-state index in [4.69, 9.17) is 4.74 Å². The minimum atomic E-state index is -0.246. The molecular formula is C23H30N4O4. The van der Waals surface area contributed by atoms with Gasteiger partial charge in [0.15, 0.2) is 5.82 Å². The number of fused-ring (bicyclic) bond motifs is 1. The maximum Gasteiger partial charge on any atom is 0.290 e. The summed E-state index contributed by atoms with van der Waals surface area (Å²) in [5.41, 5.74) is 2.80. The minimum Gasteiger partial charge on any atom is -0.494 e. The molecule has 1 saturated heterocycles. The fourth-order valence-corrected chi connectivity index (χ4v) is 5.03. The summed E-state index contributed by atoms with van der Waals surface area (Å²) in [4.78, 5) is 34.2. The zero-order valence-electron chi connectivity index (χ0n) is 18.2. The Morgan fingerprint density at radius 1 is 1.13 bits per heavy atom. The maximum atomic E-state index is 13.3. The van der Waals surface area contributed by atoms with Crippen molar-refractivity contribution >= 4 is 22.8 Å². The molecule has 2 aliphatic carbocycles. The van der Waals surface area contributed by atoms with Crippen LogP contribution in [0.15, 0.2) is 12.1 Å². The van der Waals surface area contributed by atoms with Gasteiger partial charge in [-0.2, -0.15) is 0 Å². The van der Waals surface area contributed by atoms with Crippen molar-refractivity contribution in [3.63, 3.8) is 0 Å². The number of carbonyl (C=O) groups excluding carboxylic acids is 2. The average molecular weight is 427 g/mol. The van der Waals surface area contributed by atoms with Gasteiger partial charge in [0.25, 0.3) is 5.91 Å². The van der Waals surface area contributed by atoms with E-state index >= 15 is 0 Å². The number of amides is 2. The lowest BCUT2D eigenvalue weighted by Gasteiger charge is -2.41. The fourth-order valence-electron chi connectivity index (χ4n) is 5.03. The first kappa shape index (κ1) is 20.3.